The maximum Gasteiger partial charge on any atom is 0.293 e. The second kappa shape index (κ2) is 10.5. The molecule has 0 fully saturated rings. The van der Waals surface area contributed by atoms with Gasteiger partial charge >= 0.3 is 0 Å². The number of anilines is 1. The zero-order valence-electron chi connectivity index (χ0n) is 20.2. The van der Waals surface area contributed by atoms with Gasteiger partial charge in [0.05, 0.1) is 10.6 Å². The smallest absolute Gasteiger partial charge is 0.293 e. The van der Waals surface area contributed by atoms with Crippen molar-refractivity contribution in [3.63, 3.8) is 0 Å². The fraction of sp³-hybridized carbons (Fsp3) is 0.107. The van der Waals surface area contributed by atoms with Crippen molar-refractivity contribution >= 4 is 63.2 Å². The van der Waals surface area contributed by atoms with Crippen molar-refractivity contribution < 1.29 is 18.7 Å². The summed E-state index contributed by atoms with van der Waals surface area (Å²) in [5.74, 6) is 0.512. The molecule has 0 aliphatic carbocycles. The highest BCUT2D eigenvalue weighted by Gasteiger charge is 2.17. The molecule has 3 N–H and O–H groups in total. The van der Waals surface area contributed by atoms with E-state index in [2.05, 4.69) is 29.5 Å². The van der Waals surface area contributed by atoms with Gasteiger partial charge in [-0.25, -0.2) is 4.98 Å². The van der Waals surface area contributed by atoms with Crippen LogP contribution in [0, 0.1) is 0 Å². The topological polar surface area (TPSA) is 101 Å². The summed E-state index contributed by atoms with van der Waals surface area (Å²) in [6, 6.07) is 18.8. The third-order valence-corrected chi connectivity index (χ3v) is 6.57. The van der Waals surface area contributed by atoms with Crippen LogP contribution in [0.4, 0.5) is 5.69 Å². The molecule has 5 aromatic rings. The summed E-state index contributed by atoms with van der Waals surface area (Å²) in [6.45, 7) is 4.21. The van der Waals surface area contributed by atoms with E-state index in [1.807, 2.05) is 18.2 Å². The average molecular weight is 566 g/mol. The molecule has 7 nitrogen and oxygen atoms in total. The molecule has 0 saturated heterocycles. The number of carbonyl (C=O) groups excluding carboxylic acids is 1. The second-order valence-corrected chi connectivity index (χ2v) is 10.1. The van der Waals surface area contributed by atoms with E-state index < -0.39 is 5.91 Å². The van der Waals surface area contributed by atoms with Crippen LogP contribution in [-0.2, 0) is 0 Å². The number of oxazole rings is 1. The molecular weight excluding hydrogens is 545 g/mol. The number of nitrogens with one attached hydrogen (secondary N) is 2. The van der Waals surface area contributed by atoms with Gasteiger partial charge in [-0.05, 0) is 78.3 Å². The Labute approximate surface area is 233 Å². The Bertz CT molecular complexity index is 1690. The van der Waals surface area contributed by atoms with Gasteiger partial charge in [-0.15, -0.1) is 0 Å². The van der Waals surface area contributed by atoms with E-state index >= 15 is 0 Å². The highest BCUT2D eigenvalue weighted by Crippen LogP contribution is 2.34. The van der Waals surface area contributed by atoms with Gasteiger partial charge in [0.2, 0.25) is 5.89 Å². The van der Waals surface area contributed by atoms with Gasteiger partial charge in [-0.1, -0.05) is 43.1 Å². The predicted molar refractivity (Wildman–Crippen MR) is 153 cm³/mol. The Morgan fingerprint density at radius 3 is 2.50 bits per heavy atom. The number of phenolic OH excluding ortho intramolecular Hbond substituents is 1. The number of carbonyl (C=O) groups is 1. The lowest BCUT2D eigenvalue weighted by Crippen LogP contribution is -2.33. The van der Waals surface area contributed by atoms with Crippen molar-refractivity contribution in [2.24, 2.45) is 0 Å². The van der Waals surface area contributed by atoms with Crippen molar-refractivity contribution in [3.05, 3.63) is 88.1 Å². The second-order valence-electron chi connectivity index (χ2n) is 8.83. The fourth-order valence-electron chi connectivity index (χ4n) is 3.83. The Morgan fingerprint density at radius 2 is 1.76 bits per heavy atom. The van der Waals surface area contributed by atoms with Crippen molar-refractivity contribution in [2.75, 3.05) is 5.32 Å². The molecule has 192 valence electrons. The molecule has 10 heteroatoms. The van der Waals surface area contributed by atoms with Crippen LogP contribution in [0.2, 0.25) is 10.0 Å². The Balaban J connectivity index is 1.26. The van der Waals surface area contributed by atoms with Crippen molar-refractivity contribution in [1.82, 2.24) is 10.3 Å². The highest BCUT2D eigenvalue weighted by molar-refractivity contribution is 7.80. The molecule has 0 radical (unpaired) electrons. The highest BCUT2D eigenvalue weighted by atomic mass is 35.5. The number of thiocarbonyl (C=S) groups is 1. The fourth-order valence-corrected chi connectivity index (χ4v) is 4.54. The van der Waals surface area contributed by atoms with E-state index in [9.17, 15) is 9.90 Å². The van der Waals surface area contributed by atoms with Gasteiger partial charge in [-0.3, -0.25) is 10.1 Å². The molecule has 0 spiro atoms. The van der Waals surface area contributed by atoms with Crippen LogP contribution in [0.1, 0.15) is 35.9 Å². The number of hydrogen-bond donors (Lipinski definition) is 3. The number of furan rings is 1. The number of aromatic hydroxyl groups is 1. The Hall–Kier alpha value is -3.85. The van der Waals surface area contributed by atoms with Crippen LogP contribution >= 0.6 is 35.4 Å². The minimum Gasteiger partial charge on any atom is -0.507 e. The Kier molecular flexibility index (Phi) is 7.12. The van der Waals surface area contributed by atoms with Gasteiger partial charge in [0.25, 0.3) is 5.91 Å². The monoisotopic (exact) mass is 565 g/mol. The van der Waals surface area contributed by atoms with Gasteiger partial charge in [0.15, 0.2) is 16.5 Å². The summed E-state index contributed by atoms with van der Waals surface area (Å²) < 4.78 is 11.5. The first kappa shape index (κ1) is 25.8. The summed E-state index contributed by atoms with van der Waals surface area (Å²) in [5, 5.41) is 17.0. The standard InChI is InChI=1S/C28H21Cl2N3O4S/c1-14(2)15-3-8-24-21(11-15)32-27(37-24)19-7-5-17(13-22(19)34)31-28(38)33-26(35)25-10-9-23(36-25)18-6-4-16(29)12-20(18)30/h3-14,34H,1-2H3,(H2,31,33,35,38). The van der Waals surface area contributed by atoms with E-state index in [1.165, 1.54) is 12.1 Å². The van der Waals surface area contributed by atoms with Crippen LogP contribution in [-0.4, -0.2) is 21.1 Å². The molecule has 2 heterocycles. The lowest BCUT2D eigenvalue weighted by atomic mass is 10.0. The third-order valence-electron chi connectivity index (χ3n) is 5.82. The van der Waals surface area contributed by atoms with Gasteiger partial charge in [-0.2, -0.15) is 0 Å². The average Bonchev–Trinajstić information content (AvgIpc) is 3.51. The van der Waals surface area contributed by atoms with Crippen LogP contribution in [0.5, 0.6) is 5.75 Å². The maximum absolute atomic E-state index is 12.6. The summed E-state index contributed by atoms with van der Waals surface area (Å²) >= 11 is 17.4. The number of nitrogens with zero attached hydrogens (tertiary/aromatic N) is 1. The molecule has 0 aliphatic rings. The van der Waals surface area contributed by atoms with Crippen LogP contribution in [0.15, 0.2) is 75.6 Å². The zero-order valence-corrected chi connectivity index (χ0v) is 22.5. The Morgan fingerprint density at radius 1 is 0.974 bits per heavy atom. The SMILES string of the molecule is CC(C)c1ccc2oc(-c3ccc(NC(=S)NC(=O)c4ccc(-c5ccc(Cl)cc5Cl)o4)cc3O)nc2c1. The first-order chi connectivity index (χ1) is 18.2. The number of phenols is 1. The molecule has 0 unspecified atom stereocenters. The number of benzene rings is 3. The molecule has 5 rings (SSSR count). The third kappa shape index (κ3) is 5.38. The number of hydrogen-bond acceptors (Lipinski definition) is 6. The van der Waals surface area contributed by atoms with Gasteiger partial charge < -0.3 is 19.3 Å². The first-order valence-electron chi connectivity index (χ1n) is 11.6. The summed E-state index contributed by atoms with van der Waals surface area (Å²) in [7, 11) is 0. The number of aromatic nitrogens is 1. The molecule has 1 amide bonds. The van der Waals surface area contributed by atoms with Crippen LogP contribution in [0.3, 0.4) is 0 Å². The quantitative estimate of drug-likeness (QED) is 0.185. The molecule has 2 aromatic heterocycles. The minimum atomic E-state index is -0.549. The molecule has 0 bridgehead atoms. The van der Waals surface area contributed by atoms with E-state index in [0.29, 0.717) is 50.0 Å². The summed E-state index contributed by atoms with van der Waals surface area (Å²) in [5.41, 5.74) is 3.99. The lowest BCUT2D eigenvalue weighted by molar-refractivity contribution is 0.0951. The van der Waals surface area contributed by atoms with Gasteiger partial charge in [0.1, 0.15) is 17.0 Å². The normalized spacial score (nSPS) is 11.2. The summed E-state index contributed by atoms with van der Waals surface area (Å²) in [6.07, 6.45) is 0. The van der Waals surface area contributed by atoms with Crippen molar-refractivity contribution in [1.29, 1.82) is 0 Å². The maximum atomic E-state index is 12.6. The largest absolute Gasteiger partial charge is 0.507 e. The van der Waals surface area contributed by atoms with E-state index in [-0.39, 0.29) is 16.6 Å². The first-order valence-corrected chi connectivity index (χ1v) is 12.8. The number of fused-ring (bicyclic) bond motifs is 1. The van der Waals surface area contributed by atoms with Gasteiger partial charge in [0, 0.05) is 22.3 Å². The van der Waals surface area contributed by atoms with Crippen molar-refractivity contribution in [2.45, 2.75) is 19.8 Å². The van der Waals surface area contributed by atoms with E-state index in [4.69, 9.17) is 44.3 Å². The molecule has 0 atom stereocenters. The minimum absolute atomic E-state index is 0.0210. The number of amides is 1. The van der Waals surface area contributed by atoms with E-state index in [0.717, 1.165) is 11.1 Å². The molecule has 3 aromatic carbocycles. The molecule has 0 saturated carbocycles. The lowest BCUT2D eigenvalue weighted by Gasteiger charge is -2.10. The summed E-state index contributed by atoms with van der Waals surface area (Å²) in [4.78, 5) is 17.2. The zero-order chi connectivity index (χ0) is 27.0. The predicted octanol–water partition coefficient (Wildman–Crippen LogP) is 8.02. The van der Waals surface area contributed by atoms with Crippen LogP contribution in [0.25, 0.3) is 33.9 Å². The molecule has 0 aliphatic heterocycles. The molecular formula is C28H21Cl2N3O4S. The number of halogens is 2. The van der Waals surface area contributed by atoms with Crippen LogP contribution < -0.4 is 10.6 Å². The molecule has 38 heavy (non-hydrogen) atoms. The number of rotatable bonds is 5. The van der Waals surface area contributed by atoms with E-state index in [1.54, 1.807) is 36.4 Å². The van der Waals surface area contributed by atoms with Crippen molar-refractivity contribution in [3.8, 4) is 28.5 Å².